The molecule has 0 saturated carbocycles. The lowest BCUT2D eigenvalue weighted by Crippen LogP contribution is -2.06. The van der Waals surface area contributed by atoms with Gasteiger partial charge in [-0.2, -0.15) is 0 Å². The summed E-state index contributed by atoms with van der Waals surface area (Å²) in [5.74, 6) is 0. The normalized spacial score (nSPS) is 10.3. The maximum Gasteiger partial charge on any atom is 0.288 e. The summed E-state index contributed by atoms with van der Waals surface area (Å²) in [5.41, 5.74) is 2.67. The number of halogens is 1. The van der Waals surface area contributed by atoms with Crippen molar-refractivity contribution >= 4 is 23.0 Å². The molecule has 0 aliphatic carbocycles. The van der Waals surface area contributed by atoms with E-state index in [9.17, 15) is 10.1 Å². The zero-order chi connectivity index (χ0) is 14.5. The third kappa shape index (κ3) is 3.45. The molecule has 0 unspecified atom stereocenters. The molecule has 0 amide bonds. The summed E-state index contributed by atoms with van der Waals surface area (Å²) >= 11 is 5.90. The highest BCUT2D eigenvalue weighted by Crippen LogP contribution is 2.30. The number of anilines is 1. The fourth-order valence-electron chi connectivity index (χ4n) is 1.88. The summed E-state index contributed by atoms with van der Waals surface area (Å²) in [7, 11) is 0. The van der Waals surface area contributed by atoms with Gasteiger partial charge in [-0.15, -0.1) is 0 Å². The van der Waals surface area contributed by atoms with E-state index in [0.29, 0.717) is 6.54 Å². The molecule has 0 atom stereocenters. The number of nitrogens with zero attached hydrogens (tertiary/aromatic N) is 2. The van der Waals surface area contributed by atoms with E-state index >= 15 is 0 Å². The number of nitrogens with one attached hydrogen (secondary N) is 1. The summed E-state index contributed by atoms with van der Waals surface area (Å²) < 4.78 is 0. The van der Waals surface area contributed by atoms with Crippen molar-refractivity contribution in [2.24, 2.45) is 0 Å². The van der Waals surface area contributed by atoms with E-state index < -0.39 is 4.92 Å². The van der Waals surface area contributed by atoms with Crippen molar-refractivity contribution in [2.75, 3.05) is 11.9 Å². The highest BCUT2D eigenvalue weighted by atomic mass is 35.5. The van der Waals surface area contributed by atoms with Gasteiger partial charge in [0, 0.05) is 30.7 Å². The molecular formula is C14H14ClN3O2. The van der Waals surface area contributed by atoms with Gasteiger partial charge < -0.3 is 5.32 Å². The van der Waals surface area contributed by atoms with Gasteiger partial charge in [0.05, 0.1) is 4.92 Å². The van der Waals surface area contributed by atoms with Crippen molar-refractivity contribution in [3.05, 3.63) is 62.9 Å². The van der Waals surface area contributed by atoms with Gasteiger partial charge in [-0.25, -0.2) is 0 Å². The second-order valence-electron chi connectivity index (χ2n) is 4.41. The number of pyridine rings is 1. The Balaban J connectivity index is 2.03. The van der Waals surface area contributed by atoms with Crippen LogP contribution in [0, 0.1) is 17.0 Å². The minimum atomic E-state index is -0.477. The molecule has 1 aromatic carbocycles. The number of hydrogen-bond acceptors (Lipinski definition) is 4. The molecule has 5 nitrogen and oxygen atoms in total. The van der Waals surface area contributed by atoms with Crippen molar-refractivity contribution in [2.45, 2.75) is 13.3 Å². The van der Waals surface area contributed by atoms with Crippen molar-refractivity contribution in [1.82, 2.24) is 4.98 Å². The Morgan fingerprint density at radius 1 is 1.45 bits per heavy atom. The van der Waals surface area contributed by atoms with Crippen LogP contribution in [0.4, 0.5) is 11.4 Å². The highest BCUT2D eigenvalue weighted by molar-refractivity contribution is 6.33. The smallest absolute Gasteiger partial charge is 0.288 e. The van der Waals surface area contributed by atoms with E-state index in [1.807, 2.05) is 25.3 Å². The van der Waals surface area contributed by atoms with Gasteiger partial charge in [-0.1, -0.05) is 17.7 Å². The van der Waals surface area contributed by atoms with Crippen molar-refractivity contribution < 1.29 is 4.92 Å². The monoisotopic (exact) mass is 291 g/mol. The van der Waals surface area contributed by atoms with Gasteiger partial charge in [0.1, 0.15) is 5.02 Å². The van der Waals surface area contributed by atoms with Gasteiger partial charge in [-0.3, -0.25) is 15.1 Å². The van der Waals surface area contributed by atoms with E-state index in [4.69, 9.17) is 11.6 Å². The summed E-state index contributed by atoms with van der Waals surface area (Å²) in [6.45, 7) is 2.52. The third-order valence-electron chi connectivity index (χ3n) is 2.94. The van der Waals surface area contributed by atoms with E-state index in [0.717, 1.165) is 23.2 Å². The summed E-state index contributed by atoms with van der Waals surface area (Å²) in [6.07, 6.45) is 4.37. The molecule has 1 aromatic heterocycles. The molecule has 0 aliphatic heterocycles. The van der Waals surface area contributed by atoms with Gasteiger partial charge in [0.15, 0.2) is 0 Å². The van der Waals surface area contributed by atoms with Crippen LogP contribution < -0.4 is 5.32 Å². The maximum atomic E-state index is 10.8. The number of nitro groups is 1. The Morgan fingerprint density at radius 2 is 2.25 bits per heavy atom. The predicted molar refractivity (Wildman–Crippen MR) is 79.3 cm³/mol. The Morgan fingerprint density at radius 3 is 2.90 bits per heavy atom. The largest absolute Gasteiger partial charge is 0.384 e. The lowest BCUT2D eigenvalue weighted by molar-refractivity contribution is -0.384. The molecular weight excluding hydrogens is 278 g/mol. The lowest BCUT2D eigenvalue weighted by Gasteiger charge is -2.10. The first-order valence-corrected chi connectivity index (χ1v) is 6.53. The molecule has 20 heavy (non-hydrogen) atoms. The van der Waals surface area contributed by atoms with Gasteiger partial charge in [-0.05, 0) is 36.6 Å². The number of benzene rings is 1. The Labute approximate surface area is 121 Å². The van der Waals surface area contributed by atoms with Crippen LogP contribution in [0.1, 0.15) is 11.1 Å². The SMILES string of the molecule is Cc1cc([N+](=O)[O-])c(Cl)cc1NCCc1cccnc1. The Hall–Kier alpha value is -2.14. The molecule has 0 saturated heterocycles. The lowest BCUT2D eigenvalue weighted by atomic mass is 10.1. The molecule has 104 valence electrons. The van der Waals surface area contributed by atoms with Crippen molar-refractivity contribution in [3.8, 4) is 0 Å². The Kier molecular flexibility index (Phi) is 4.53. The zero-order valence-corrected chi connectivity index (χ0v) is 11.7. The summed E-state index contributed by atoms with van der Waals surface area (Å²) in [4.78, 5) is 14.3. The average Bonchev–Trinajstić information content (AvgIpc) is 2.43. The Bertz CT molecular complexity index is 617. The second kappa shape index (κ2) is 6.34. The van der Waals surface area contributed by atoms with Gasteiger partial charge in [0.25, 0.3) is 5.69 Å². The van der Waals surface area contributed by atoms with Crippen LogP contribution in [0.3, 0.4) is 0 Å². The van der Waals surface area contributed by atoms with Crippen LogP contribution in [-0.2, 0) is 6.42 Å². The average molecular weight is 292 g/mol. The van der Waals surface area contributed by atoms with E-state index in [1.54, 1.807) is 12.3 Å². The van der Waals surface area contributed by atoms with Crippen LogP contribution in [0.15, 0.2) is 36.7 Å². The maximum absolute atomic E-state index is 10.8. The fourth-order valence-corrected chi connectivity index (χ4v) is 2.12. The van der Waals surface area contributed by atoms with E-state index in [1.165, 1.54) is 6.07 Å². The van der Waals surface area contributed by atoms with Gasteiger partial charge >= 0.3 is 0 Å². The van der Waals surface area contributed by atoms with E-state index in [2.05, 4.69) is 10.3 Å². The molecule has 0 fully saturated rings. The second-order valence-corrected chi connectivity index (χ2v) is 4.82. The molecule has 1 N–H and O–H groups in total. The molecule has 0 radical (unpaired) electrons. The fraction of sp³-hybridized carbons (Fsp3) is 0.214. The number of aryl methyl sites for hydroxylation is 1. The third-order valence-corrected chi connectivity index (χ3v) is 3.25. The number of hydrogen-bond donors (Lipinski definition) is 1. The minimum Gasteiger partial charge on any atom is -0.384 e. The molecule has 0 bridgehead atoms. The highest BCUT2D eigenvalue weighted by Gasteiger charge is 2.14. The van der Waals surface area contributed by atoms with Crippen molar-refractivity contribution in [1.29, 1.82) is 0 Å². The first-order valence-electron chi connectivity index (χ1n) is 6.15. The van der Waals surface area contributed by atoms with Crippen LogP contribution in [0.25, 0.3) is 0 Å². The summed E-state index contributed by atoms with van der Waals surface area (Å²) in [5, 5.41) is 14.2. The summed E-state index contributed by atoms with van der Waals surface area (Å²) in [6, 6.07) is 6.97. The molecule has 6 heteroatoms. The molecule has 0 spiro atoms. The number of rotatable bonds is 5. The first-order chi connectivity index (χ1) is 9.58. The molecule has 2 aromatic rings. The van der Waals surface area contributed by atoms with Crippen LogP contribution in [0.2, 0.25) is 5.02 Å². The minimum absolute atomic E-state index is 0.0676. The molecule has 1 heterocycles. The number of aromatic nitrogens is 1. The predicted octanol–water partition coefficient (Wildman–Crippen LogP) is 3.61. The molecule has 2 rings (SSSR count). The van der Waals surface area contributed by atoms with Crippen LogP contribution >= 0.6 is 11.6 Å². The standard InChI is InChI=1S/C14H14ClN3O2/c1-10-7-14(18(19)20)12(15)8-13(10)17-6-4-11-3-2-5-16-9-11/h2-3,5,7-9,17H,4,6H2,1H3. The van der Waals surface area contributed by atoms with Crippen LogP contribution in [-0.4, -0.2) is 16.5 Å². The zero-order valence-electron chi connectivity index (χ0n) is 11.0. The van der Waals surface area contributed by atoms with E-state index in [-0.39, 0.29) is 10.7 Å². The quantitative estimate of drug-likeness (QED) is 0.675. The topological polar surface area (TPSA) is 68.1 Å². The van der Waals surface area contributed by atoms with Gasteiger partial charge in [0.2, 0.25) is 0 Å². The number of nitro benzene ring substituents is 1. The van der Waals surface area contributed by atoms with Crippen LogP contribution in [0.5, 0.6) is 0 Å². The first kappa shape index (κ1) is 14.3. The molecule has 0 aliphatic rings. The van der Waals surface area contributed by atoms with Crippen molar-refractivity contribution in [3.63, 3.8) is 0 Å².